The molecule has 2 amide bonds. The van der Waals surface area contributed by atoms with Gasteiger partial charge in [0.15, 0.2) is 0 Å². The maximum Gasteiger partial charge on any atom is 0.280 e. The van der Waals surface area contributed by atoms with E-state index in [1.54, 1.807) is 22.8 Å². The molecule has 0 bridgehead atoms. The molecule has 1 atom stereocenters. The predicted molar refractivity (Wildman–Crippen MR) is 133 cm³/mol. The number of halogens is 1. The van der Waals surface area contributed by atoms with Crippen molar-refractivity contribution in [2.75, 3.05) is 6.26 Å². The molecular formula is C25H23FN4O4S. The summed E-state index contributed by atoms with van der Waals surface area (Å²) >= 11 is 0. The van der Waals surface area contributed by atoms with Gasteiger partial charge in [0.2, 0.25) is 5.91 Å². The molecule has 8 nitrogen and oxygen atoms in total. The summed E-state index contributed by atoms with van der Waals surface area (Å²) in [5, 5.41) is 0.611. The molecule has 0 aliphatic carbocycles. The minimum absolute atomic E-state index is 0.0454. The molecular weight excluding hydrogens is 471 g/mol. The number of aryl methyl sites for hydroxylation is 1. The summed E-state index contributed by atoms with van der Waals surface area (Å²) in [6, 6.07) is 12.5. The van der Waals surface area contributed by atoms with E-state index in [4.69, 9.17) is 5.73 Å². The standard InChI is InChI=1S/C25H23FN4O4S/c1-3-14-6-9-20-18(11-14)21(17-5-4-10-28-24(17)32)22(25(33)29-35(2)34)30(20)13-16-12-15(23(27)31)7-8-19(16)26/h4-12H,3,13H2,1-2H3,(H2,27,31)(H,28,32)(H,29,33). The van der Waals surface area contributed by atoms with E-state index in [1.807, 2.05) is 19.1 Å². The summed E-state index contributed by atoms with van der Waals surface area (Å²) in [5.41, 5.74) is 7.36. The molecule has 4 rings (SSSR count). The van der Waals surface area contributed by atoms with Gasteiger partial charge < -0.3 is 15.3 Å². The molecule has 4 N–H and O–H groups in total. The molecule has 0 radical (unpaired) electrons. The zero-order valence-corrected chi connectivity index (χ0v) is 19.9. The van der Waals surface area contributed by atoms with E-state index >= 15 is 0 Å². The second kappa shape index (κ2) is 9.67. The van der Waals surface area contributed by atoms with Gasteiger partial charge in [-0.25, -0.2) is 8.60 Å². The van der Waals surface area contributed by atoms with Crippen LogP contribution in [0, 0.1) is 5.82 Å². The van der Waals surface area contributed by atoms with Crippen molar-refractivity contribution in [2.24, 2.45) is 5.73 Å². The Balaban J connectivity index is 2.08. The van der Waals surface area contributed by atoms with Crippen molar-refractivity contribution < 1.29 is 18.2 Å². The highest BCUT2D eigenvalue weighted by Gasteiger charge is 2.27. The van der Waals surface area contributed by atoms with Crippen LogP contribution in [0.3, 0.4) is 0 Å². The minimum atomic E-state index is -1.70. The lowest BCUT2D eigenvalue weighted by atomic mass is 10.0. The van der Waals surface area contributed by atoms with Crippen molar-refractivity contribution in [3.8, 4) is 11.1 Å². The molecule has 0 saturated carbocycles. The normalized spacial score (nSPS) is 12.0. The van der Waals surface area contributed by atoms with Crippen LogP contribution in [0.5, 0.6) is 0 Å². The number of fused-ring (bicyclic) bond motifs is 1. The smallest absolute Gasteiger partial charge is 0.280 e. The number of nitrogens with zero attached hydrogens (tertiary/aromatic N) is 1. The van der Waals surface area contributed by atoms with Crippen molar-refractivity contribution in [2.45, 2.75) is 19.9 Å². The number of carbonyl (C=O) groups is 2. The fourth-order valence-electron chi connectivity index (χ4n) is 4.11. The number of H-pyrrole nitrogens is 1. The number of carbonyl (C=O) groups excluding carboxylic acids is 2. The van der Waals surface area contributed by atoms with Gasteiger partial charge in [0.1, 0.15) is 22.5 Å². The lowest BCUT2D eigenvalue weighted by Gasteiger charge is -2.13. The summed E-state index contributed by atoms with van der Waals surface area (Å²) in [7, 11) is -1.70. The highest BCUT2D eigenvalue weighted by molar-refractivity contribution is 7.82. The number of hydrogen-bond donors (Lipinski definition) is 3. The van der Waals surface area contributed by atoms with Crippen LogP contribution in [0.15, 0.2) is 59.5 Å². The summed E-state index contributed by atoms with van der Waals surface area (Å²) in [6.07, 6.45) is 3.50. The molecule has 0 saturated heterocycles. The Morgan fingerprint density at radius 3 is 2.60 bits per heavy atom. The second-order valence-corrected chi connectivity index (χ2v) is 9.10. The van der Waals surface area contributed by atoms with Crippen molar-refractivity contribution in [1.29, 1.82) is 0 Å². The third kappa shape index (κ3) is 4.65. The van der Waals surface area contributed by atoms with Crippen molar-refractivity contribution >= 4 is 33.7 Å². The predicted octanol–water partition coefficient (Wildman–Crippen LogP) is 2.87. The van der Waals surface area contributed by atoms with Gasteiger partial charge in [-0.15, -0.1) is 0 Å². The van der Waals surface area contributed by atoms with Crippen molar-refractivity contribution in [3.63, 3.8) is 0 Å². The fraction of sp³-hybridized carbons (Fsp3) is 0.160. The zero-order chi connectivity index (χ0) is 25.3. The average Bonchev–Trinajstić information content (AvgIpc) is 3.13. The van der Waals surface area contributed by atoms with Crippen LogP contribution in [0.25, 0.3) is 22.0 Å². The number of hydrogen-bond acceptors (Lipinski definition) is 4. The van der Waals surface area contributed by atoms with Gasteiger partial charge in [0.05, 0.1) is 6.54 Å². The van der Waals surface area contributed by atoms with E-state index < -0.39 is 34.2 Å². The maximum absolute atomic E-state index is 14.8. The molecule has 0 aliphatic rings. The molecule has 1 unspecified atom stereocenters. The Labute approximate surface area is 202 Å². The molecule has 2 aromatic carbocycles. The van der Waals surface area contributed by atoms with Crippen LogP contribution in [-0.4, -0.2) is 31.8 Å². The van der Waals surface area contributed by atoms with E-state index in [1.165, 1.54) is 24.6 Å². The highest BCUT2D eigenvalue weighted by Crippen LogP contribution is 2.35. The molecule has 2 heterocycles. The quantitative estimate of drug-likeness (QED) is 0.365. The van der Waals surface area contributed by atoms with E-state index in [2.05, 4.69) is 9.71 Å². The first-order valence-corrected chi connectivity index (χ1v) is 12.3. The molecule has 0 fully saturated rings. The van der Waals surface area contributed by atoms with Crippen LogP contribution in [-0.2, 0) is 24.0 Å². The Morgan fingerprint density at radius 1 is 1.17 bits per heavy atom. The number of amides is 2. The largest absolute Gasteiger partial charge is 0.366 e. The number of benzene rings is 2. The van der Waals surface area contributed by atoms with Crippen molar-refractivity contribution in [1.82, 2.24) is 14.3 Å². The number of aromatic amines is 1. The number of nitrogens with one attached hydrogen (secondary N) is 2. The van der Waals surface area contributed by atoms with Gasteiger partial charge in [-0.2, -0.15) is 0 Å². The van der Waals surface area contributed by atoms with Crippen LogP contribution < -0.4 is 16.0 Å². The number of pyridine rings is 1. The van der Waals surface area contributed by atoms with Gasteiger partial charge in [-0.05, 0) is 54.4 Å². The average molecular weight is 495 g/mol. The Morgan fingerprint density at radius 2 is 1.94 bits per heavy atom. The van der Waals surface area contributed by atoms with E-state index in [9.17, 15) is 23.0 Å². The minimum Gasteiger partial charge on any atom is -0.366 e. The van der Waals surface area contributed by atoms with Gasteiger partial charge in [0, 0.05) is 45.6 Å². The number of aromatic nitrogens is 2. The molecule has 10 heteroatoms. The van der Waals surface area contributed by atoms with Crippen LogP contribution in [0.1, 0.15) is 38.9 Å². The van der Waals surface area contributed by atoms with Crippen LogP contribution in [0.2, 0.25) is 0 Å². The molecule has 35 heavy (non-hydrogen) atoms. The van der Waals surface area contributed by atoms with Gasteiger partial charge in [-0.3, -0.25) is 19.1 Å². The molecule has 4 aromatic rings. The monoisotopic (exact) mass is 494 g/mol. The molecule has 0 aliphatic heterocycles. The van der Waals surface area contributed by atoms with Gasteiger partial charge in [-0.1, -0.05) is 13.0 Å². The Bertz CT molecular complexity index is 1560. The fourth-order valence-corrected chi connectivity index (χ4v) is 4.47. The summed E-state index contributed by atoms with van der Waals surface area (Å²) in [5.74, 6) is -2.00. The lowest BCUT2D eigenvalue weighted by molar-refractivity contribution is 0.0972. The first-order valence-electron chi connectivity index (χ1n) is 10.8. The summed E-state index contributed by atoms with van der Waals surface area (Å²) in [4.78, 5) is 40.4. The van der Waals surface area contributed by atoms with Gasteiger partial charge in [0.25, 0.3) is 11.5 Å². The zero-order valence-electron chi connectivity index (χ0n) is 19.1. The van der Waals surface area contributed by atoms with Crippen molar-refractivity contribution in [3.05, 3.63) is 93.3 Å². The highest BCUT2D eigenvalue weighted by atomic mass is 32.2. The lowest BCUT2D eigenvalue weighted by Crippen LogP contribution is -2.28. The second-order valence-electron chi connectivity index (χ2n) is 7.98. The van der Waals surface area contributed by atoms with Crippen LogP contribution >= 0.6 is 0 Å². The topological polar surface area (TPSA) is 127 Å². The summed E-state index contributed by atoms with van der Waals surface area (Å²) < 4.78 is 30.6. The third-order valence-corrected chi connectivity index (χ3v) is 6.21. The Hall–Kier alpha value is -4.05. The molecule has 180 valence electrons. The van der Waals surface area contributed by atoms with Gasteiger partial charge >= 0.3 is 0 Å². The third-order valence-electron chi connectivity index (χ3n) is 5.73. The Kier molecular flexibility index (Phi) is 6.65. The summed E-state index contributed by atoms with van der Waals surface area (Å²) in [6.45, 7) is 1.84. The number of nitrogens with two attached hydrogens (primary N) is 1. The molecule has 0 spiro atoms. The first kappa shape index (κ1) is 24.1. The number of rotatable bonds is 7. The van der Waals surface area contributed by atoms with E-state index in [0.29, 0.717) is 22.9 Å². The number of primary amides is 1. The van der Waals surface area contributed by atoms with E-state index in [0.717, 1.165) is 11.6 Å². The SMILES string of the molecule is CCc1ccc2c(c1)c(-c1ccc[nH]c1=O)c(C(=O)NS(C)=O)n2Cc1cc(C(N)=O)ccc1F. The molecule has 2 aromatic heterocycles. The van der Waals surface area contributed by atoms with Crippen LogP contribution in [0.4, 0.5) is 4.39 Å². The maximum atomic E-state index is 14.8. The first-order chi connectivity index (χ1) is 16.7. The van der Waals surface area contributed by atoms with E-state index in [-0.39, 0.29) is 28.9 Å².